The van der Waals surface area contributed by atoms with Gasteiger partial charge in [0.15, 0.2) is 11.5 Å². The number of thioether (sulfide) groups is 1. The molecule has 0 saturated carbocycles. The van der Waals surface area contributed by atoms with Crippen LogP contribution in [0, 0.1) is 0 Å². The summed E-state index contributed by atoms with van der Waals surface area (Å²) < 4.78 is 5.34. The highest BCUT2D eigenvalue weighted by atomic mass is 32.2. The summed E-state index contributed by atoms with van der Waals surface area (Å²) in [5.74, 6) is -2.87. The van der Waals surface area contributed by atoms with Crippen molar-refractivity contribution in [1.82, 2.24) is 4.90 Å². The summed E-state index contributed by atoms with van der Waals surface area (Å²) in [5, 5.41) is 27.9. The van der Waals surface area contributed by atoms with Gasteiger partial charge in [-0.2, -0.15) is 0 Å². The average molecular weight is 411 g/mol. The molecule has 1 aromatic rings. The van der Waals surface area contributed by atoms with Gasteiger partial charge in [0.2, 0.25) is 0 Å². The fourth-order valence-electron chi connectivity index (χ4n) is 2.41. The second-order valence-electron chi connectivity index (χ2n) is 5.50. The van der Waals surface area contributed by atoms with Gasteiger partial charge in [-0.05, 0) is 37.1 Å². The Morgan fingerprint density at radius 3 is 2.67 bits per heavy atom. The third-order valence-corrected chi connectivity index (χ3v) is 4.96. The van der Waals surface area contributed by atoms with Gasteiger partial charge >= 0.3 is 11.9 Å². The Labute approximate surface area is 164 Å². The number of hydrogen-bond donors (Lipinski definition) is 3. The molecular formula is C17H17NO7S2. The highest BCUT2D eigenvalue weighted by molar-refractivity contribution is 8.26. The molecule has 1 aliphatic heterocycles. The van der Waals surface area contributed by atoms with Gasteiger partial charge in [-0.25, -0.2) is 4.79 Å². The molecule has 1 amide bonds. The molecule has 10 heteroatoms. The molecule has 1 heterocycles. The zero-order valence-electron chi connectivity index (χ0n) is 14.2. The molecule has 144 valence electrons. The van der Waals surface area contributed by atoms with Crippen LogP contribution in [-0.4, -0.2) is 55.0 Å². The Bertz CT molecular complexity index is 821. The van der Waals surface area contributed by atoms with Crippen LogP contribution in [-0.2, 0) is 14.4 Å². The maximum Gasteiger partial charge on any atom is 0.326 e. The second kappa shape index (κ2) is 8.87. The first-order chi connectivity index (χ1) is 12.7. The van der Waals surface area contributed by atoms with Gasteiger partial charge in [0.25, 0.3) is 5.91 Å². The van der Waals surface area contributed by atoms with Crippen molar-refractivity contribution >= 4 is 52.2 Å². The number of nitrogens with zero attached hydrogens (tertiary/aromatic N) is 1. The maximum absolute atomic E-state index is 12.6. The minimum Gasteiger partial charge on any atom is -0.504 e. The summed E-state index contributed by atoms with van der Waals surface area (Å²) in [6, 6.07) is 3.19. The van der Waals surface area contributed by atoms with Crippen LogP contribution in [0.5, 0.6) is 11.5 Å². The first kappa shape index (κ1) is 20.7. The number of aliphatic carboxylic acids is 2. The van der Waals surface area contributed by atoms with Crippen LogP contribution in [0.1, 0.15) is 25.3 Å². The number of phenols is 1. The molecule has 1 aromatic carbocycles. The lowest BCUT2D eigenvalue weighted by molar-refractivity contribution is -0.146. The summed E-state index contributed by atoms with van der Waals surface area (Å²) in [6.45, 7) is 2.11. The molecule has 0 aliphatic carbocycles. The number of carbonyl (C=O) groups is 3. The molecule has 2 rings (SSSR count). The lowest BCUT2D eigenvalue weighted by Crippen LogP contribution is -2.44. The summed E-state index contributed by atoms with van der Waals surface area (Å²) in [7, 11) is 0. The Balaban J connectivity index is 2.28. The molecule has 0 bridgehead atoms. The standard InChI is InChI=1S/C17H17NO7S2/c1-2-25-12-7-9(3-5-11(12)19)8-13-15(22)18(17(26)27-13)10(16(23)24)4-6-14(20)21/h3,5,7-8,10,19H,2,4,6H2,1H3,(H,20,21)(H,23,24)/b13-8+/t10-/m1/s1. The van der Waals surface area contributed by atoms with Gasteiger partial charge < -0.3 is 20.1 Å². The number of phenolic OH excluding ortho intramolecular Hbond substituents is 1. The van der Waals surface area contributed by atoms with Crippen molar-refractivity contribution in [3.63, 3.8) is 0 Å². The second-order valence-corrected chi connectivity index (χ2v) is 7.17. The molecule has 8 nitrogen and oxygen atoms in total. The quantitative estimate of drug-likeness (QED) is 0.436. The minimum absolute atomic E-state index is 0.0406. The van der Waals surface area contributed by atoms with E-state index >= 15 is 0 Å². The predicted molar refractivity (Wildman–Crippen MR) is 103 cm³/mol. The van der Waals surface area contributed by atoms with Gasteiger partial charge in [0.1, 0.15) is 10.4 Å². The predicted octanol–water partition coefficient (Wildman–Crippen LogP) is 2.31. The number of rotatable bonds is 8. The fourth-order valence-corrected chi connectivity index (χ4v) is 3.77. The van der Waals surface area contributed by atoms with E-state index in [0.717, 1.165) is 16.7 Å². The highest BCUT2D eigenvalue weighted by Gasteiger charge is 2.40. The molecule has 27 heavy (non-hydrogen) atoms. The SMILES string of the molecule is CCOc1cc(/C=C2/SC(=S)N([C@H](CCC(=O)O)C(=O)O)C2=O)ccc1O. The molecule has 0 unspecified atom stereocenters. The normalized spacial score (nSPS) is 16.6. The Morgan fingerprint density at radius 2 is 2.07 bits per heavy atom. The van der Waals surface area contributed by atoms with Crippen molar-refractivity contribution in [3.8, 4) is 11.5 Å². The van der Waals surface area contributed by atoms with E-state index in [-0.39, 0.29) is 27.1 Å². The molecule has 1 atom stereocenters. The third kappa shape index (κ3) is 4.98. The Kier molecular flexibility index (Phi) is 6.81. The van der Waals surface area contributed by atoms with Crippen LogP contribution in [0.25, 0.3) is 6.08 Å². The van der Waals surface area contributed by atoms with Gasteiger partial charge in [-0.1, -0.05) is 30.0 Å². The molecular weight excluding hydrogens is 394 g/mol. The number of ether oxygens (including phenoxy) is 1. The number of amides is 1. The first-order valence-electron chi connectivity index (χ1n) is 7.92. The van der Waals surface area contributed by atoms with E-state index in [1.165, 1.54) is 12.1 Å². The van der Waals surface area contributed by atoms with Crippen molar-refractivity contribution in [3.05, 3.63) is 28.7 Å². The van der Waals surface area contributed by atoms with E-state index in [9.17, 15) is 24.6 Å². The van der Waals surface area contributed by atoms with Crippen molar-refractivity contribution in [2.75, 3.05) is 6.61 Å². The van der Waals surface area contributed by atoms with E-state index in [1.54, 1.807) is 19.1 Å². The van der Waals surface area contributed by atoms with Crippen molar-refractivity contribution in [2.24, 2.45) is 0 Å². The zero-order valence-corrected chi connectivity index (χ0v) is 15.9. The number of thiocarbonyl (C=S) groups is 1. The van der Waals surface area contributed by atoms with Crippen LogP contribution in [0.15, 0.2) is 23.1 Å². The van der Waals surface area contributed by atoms with Gasteiger partial charge in [0.05, 0.1) is 11.5 Å². The van der Waals surface area contributed by atoms with Crippen molar-refractivity contribution < 1.29 is 34.4 Å². The molecule has 1 saturated heterocycles. The van der Waals surface area contributed by atoms with Crippen LogP contribution in [0.3, 0.4) is 0 Å². The summed E-state index contributed by atoms with van der Waals surface area (Å²) in [5.41, 5.74) is 0.564. The lowest BCUT2D eigenvalue weighted by Gasteiger charge is -2.22. The number of carbonyl (C=O) groups excluding carboxylic acids is 1. The molecule has 3 N–H and O–H groups in total. The molecule has 1 fully saturated rings. The lowest BCUT2D eigenvalue weighted by atomic mass is 10.1. The van der Waals surface area contributed by atoms with Crippen LogP contribution < -0.4 is 4.74 Å². The zero-order chi connectivity index (χ0) is 20.1. The average Bonchev–Trinajstić information content (AvgIpc) is 2.85. The van der Waals surface area contributed by atoms with E-state index in [1.807, 2.05) is 0 Å². The van der Waals surface area contributed by atoms with Crippen LogP contribution in [0.4, 0.5) is 0 Å². The fraction of sp³-hybridized carbons (Fsp3) is 0.294. The summed E-state index contributed by atoms with van der Waals surface area (Å²) >= 11 is 6.06. The van der Waals surface area contributed by atoms with E-state index in [0.29, 0.717) is 12.2 Å². The molecule has 0 radical (unpaired) electrons. The highest BCUT2D eigenvalue weighted by Crippen LogP contribution is 2.36. The largest absolute Gasteiger partial charge is 0.504 e. The van der Waals surface area contributed by atoms with Crippen LogP contribution >= 0.6 is 24.0 Å². The van der Waals surface area contributed by atoms with Crippen molar-refractivity contribution in [2.45, 2.75) is 25.8 Å². The van der Waals surface area contributed by atoms with Gasteiger partial charge in [-0.3, -0.25) is 14.5 Å². The first-order valence-corrected chi connectivity index (χ1v) is 9.14. The molecule has 0 spiro atoms. The summed E-state index contributed by atoms with van der Waals surface area (Å²) in [6.07, 6.45) is 0.859. The number of aromatic hydroxyl groups is 1. The minimum atomic E-state index is -1.35. The Hall–Kier alpha value is -2.59. The number of benzene rings is 1. The van der Waals surface area contributed by atoms with E-state index in [4.69, 9.17) is 22.1 Å². The summed E-state index contributed by atoms with van der Waals surface area (Å²) in [4.78, 5) is 36.0. The van der Waals surface area contributed by atoms with Gasteiger partial charge in [-0.15, -0.1) is 0 Å². The smallest absolute Gasteiger partial charge is 0.326 e. The monoisotopic (exact) mass is 411 g/mol. The van der Waals surface area contributed by atoms with E-state index in [2.05, 4.69) is 0 Å². The van der Waals surface area contributed by atoms with E-state index < -0.39 is 30.3 Å². The molecule has 1 aliphatic rings. The maximum atomic E-state index is 12.6. The number of carboxylic acid groups (broad SMARTS) is 2. The third-order valence-electron chi connectivity index (χ3n) is 3.63. The Morgan fingerprint density at radius 1 is 1.37 bits per heavy atom. The van der Waals surface area contributed by atoms with Crippen molar-refractivity contribution in [1.29, 1.82) is 0 Å². The molecule has 0 aromatic heterocycles. The van der Waals surface area contributed by atoms with Crippen LogP contribution in [0.2, 0.25) is 0 Å². The number of hydrogen-bond acceptors (Lipinski definition) is 7. The number of carboxylic acids is 2. The topological polar surface area (TPSA) is 124 Å². The van der Waals surface area contributed by atoms with Gasteiger partial charge in [0, 0.05) is 6.42 Å².